The first-order chi connectivity index (χ1) is 11.1. The highest BCUT2D eigenvalue weighted by Gasteiger charge is 2.18. The molecule has 0 bridgehead atoms. The molecule has 0 amide bonds. The van der Waals surface area contributed by atoms with Crippen molar-refractivity contribution in [2.75, 3.05) is 4.72 Å². The van der Waals surface area contributed by atoms with Gasteiger partial charge in [-0.15, -0.1) is 0 Å². The third kappa shape index (κ3) is 3.07. The molecule has 0 saturated carbocycles. The highest BCUT2D eigenvalue weighted by molar-refractivity contribution is 7.92. The summed E-state index contributed by atoms with van der Waals surface area (Å²) in [6, 6.07) is 14.9. The molecule has 2 N–H and O–H groups in total. The predicted molar refractivity (Wildman–Crippen MR) is 86.0 cm³/mol. The molecule has 7 heteroatoms. The molecule has 23 heavy (non-hydrogen) atoms. The van der Waals surface area contributed by atoms with Gasteiger partial charge in [0, 0.05) is 11.3 Å². The fourth-order valence-corrected chi connectivity index (χ4v) is 3.38. The third-order valence-electron chi connectivity index (χ3n) is 3.22. The van der Waals surface area contributed by atoms with E-state index in [0.717, 1.165) is 11.3 Å². The standard InChI is InChI=1S/C16H12N4O2S/c17-9-13-4-1-2-7-16(13)23(21,22)20-14-6-3-5-12(8-14)15-10-18-11-19-15/h1-8,10-11,20H,(H,18,19). The molecule has 0 unspecified atom stereocenters. The number of anilines is 1. The first-order valence-corrected chi connectivity index (χ1v) is 8.19. The van der Waals surface area contributed by atoms with Gasteiger partial charge in [-0.25, -0.2) is 13.4 Å². The number of nitrogens with one attached hydrogen (secondary N) is 2. The van der Waals surface area contributed by atoms with Crippen LogP contribution in [0.1, 0.15) is 5.56 Å². The highest BCUT2D eigenvalue weighted by atomic mass is 32.2. The Morgan fingerprint density at radius 3 is 2.70 bits per heavy atom. The molecule has 3 aromatic rings. The van der Waals surface area contributed by atoms with Crippen molar-refractivity contribution in [2.45, 2.75) is 4.90 Å². The van der Waals surface area contributed by atoms with E-state index >= 15 is 0 Å². The van der Waals surface area contributed by atoms with Gasteiger partial charge in [-0.1, -0.05) is 24.3 Å². The normalized spacial score (nSPS) is 10.9. The van der Waals surface area contributed by atoms with Crippen molar-refractivity contribution in [3.63, 3.8) is 0 Å². The number of benzene rings is 2. The number of aromatic amines is 1. The summed E-state index contributed by atoms with van der Waals surface area (Å²) in [4.78, 5) is 6.86. The molecule has 0 aliphatic carbocycles. The van der Waals surface area contributed by atoms with Crippen LogP contribution in [-0.4, -0.2) is 18.4 Å². The zero-order chi connectivity index (χ0) is 16.3. The van der Waals surface area contributed by atoms with Crippen molar-refractivity contribution in [2.24, 2.45) is 0 Å². The van der Waals surface area contributed by atoms with Crippen LogP contribution in [0, 0.1) is 11.3 Å². The third-order valence-corrected chi connectivity index (χ3v) is 4.66. The smallest absolute Gasteiger partial charge is 0.263 e. The SMILES string of the molecule is N#Cc1ccccc1S(=O)(=O)Nc1cccc(-c2cnc[nH]2)c1. The molecular formula is C16H12N4O2S. The van der Waals surface area contributed by atoms with Gasteiger partial charge in [-0.2, -0.15) is 5.26 Å². The van der Waals surface area contributed by atoms with Crippen molar-refractivity contribution in [3.05, 3.63) is 66.6 Å². The summed E-state index contributed by atoms with van der Waals surface area (Å²) in [6.45, 7) is 0. The second-order valence-electron chi connectivity index (χ2n) is 4.76. The van der Waals surface area contributed by atoms with Gasteiger partial charge in [0.25, 0.3) is 10.0 Å². The Bertz CT molecular complexity index is 973. The van der Waals surface area contributed by atoms with Crippen molar-refractivity contribution in [1.82, 2.24) is 9.97 Å². The Hall–Kier alpha value is -3.11. The van der Waals surface area contributed by atoms with Gasteiger partial charge in [0.1, 0.15) is 11.0 Å². The number of sulfonamides is 1. The molecule has 0 atom stereocenters. The molecule has 0 aliphatic rings. The van der Waals surface area contributed by atoms with Crippen molar-refractivity contribution in [3.8, 4) is 17.3 Å². The van der Waals surface area contributed by atoms with Crippen LogP contribution in [0.4, 0.5) is 5.69 Å². The number of aromatic nitrogens is 2. The summed E-state index contributed by atoms with van der Waals surface area (Å²) in [7, 11) is -3.84. The molecule has 0 spiro atoms. The van der Waals surface area contributed by atoms with Gasteiger partial charge >= 0.3 is 0 Å². The summed E-state index contributed by atoms with van der Waals surface area (Å²) in [5.74, 6) is 0. The van der Waals surface area contributed by atoms with Crippen LogP contribution in [0.3, 0.4) is 0 Å². The summed E-state index contributed by atoms with van der Waals surface area (Å²) >= 11 is 0. The minimum atomic E-state index is -3.84. The van der Waals surface area contributed by atoms with Crippen LogP contribution in [-0.2, 0) is 10.0 Å². The maximum atomic E-state index is 12.5. The summed E-state index contributed by atoms with van der Waals surface area (Å²) in [5.41, 5.74) is 2.09. The Labute approximate surface area is 133 Å². The van der Waals surface area contributed by atoms with Gasteiger partial charge in [0.15, 0.2) is 0 Å². The molecule has 1 aromatic heterocycles. The first-order valence-electron chi connectivity index (χ1n) is 6.71. The van der Waals surface area contributed by atoms with E-state index in [9.17, 15) is 8.42 Å². The van der Waals surface area contributed by atoms with Crippen LogP contribution < -0.4 is 4.72 Å². The predicted octanol–water partition coefficient (Wildman–Crippen LogP) is 2.75. The van der Waals surface area contributed by atoms with Gasteiger partial charge in [0.05, 0.1) is 23.8 Å². The molecule has 0 fully saturated rings. The number of rotatable bonds is 4. The second kappa shape index (κ2) is 5.94. The zero-order valence-corrected chi connectivity index (χ0v) is 12.7. The largest absolute Gasteiger partial charge is 0.345 e. The molecule has 6 nitrogen and oxygen atoms in total. The molecular weight excluding hydrogens is 312 g/mol. The fraction of sp³-hybridized carbons (Fsp3) is 0. The second-order valence-corrected chi connectivity index (χ2v) is 6.41. The lowest BCUT2D eigenvalue weighted by Gasteiger charge is -2.10. The molecule has 0 saturated heterocycles. The number of hydrogen-bond donors (Lipinski definition) is 2. The number of nitrogens with zero attached hydrogens (tertiary/aromatic N) is 2. The topological polar surface area (TPSA) is 98.6 Å². The fourth-order valence-electron chi connectivity index (χ4n) is 2.17. The number of nitriles is 1. The molecule has 1 heterocycles. The Balaban J connectivity index is 1.96. The van der Waals surface area contributed by atoms with Crippen molar-refractivity contribution in [1.29, 1.82) is 5.26 Å². The minimum Gasteiger partial charge on any atom is -0.345 e. The average molecular weight is 324 g/mol. The van der Waals surface area contributed by atoms with Crippen LogP contribution in [0.25, 0.3) is 11.3 Å². The van der Waals surface area contributed by atoms with E-state index in [4.69, 9.17) is 5.26 Å². The van der Waals surface area contributed by atoms with Gasteiger partial charge < -0.3 is 4.98 Å². The van der Waals surface area contributed by atoms with Crippen molar-refractivity contribution >= 4 is 15.7 Å². The molecule has 3 rings (SSSR count). The van der Waals surface area contributed by atoms with Gasteiger partial charge in [-0.05, 0) is 24.3 Å². The summed E-state index contributed by atoms with van der Waals surface area (Å²) < 4.78 is 27.5. The van der Waals surface area contributed by atoms with Crippen LogP contribution in [0.5, 0.6) is 0 Å². The minimum absolute atomic E-state index is 0.0468. The lowest BCUT2D eigenvalue weighted by molar-refractivity contribution is 0.601. The Morgan fingerprint density at radius 1 is 1.13 bits per heavy atom. The van der Waals surface area contributed by atoms with Gasteiger partial charge in [0.2, 0.25) is 0 Å². The molecule has 0 aliphatic heterocycles. The van der Waals surface area contributed by atoms with E-state index in [1.165, 1.54) is 12.1 Å². The van der Waals surface area contributed by atoms with E-state index in [-0.39, 0.29) is 10.5 Å². The molecule has 0 radical (unpaired) electrons. The number of hydrogen-bond acceptors (Lipinski definition) is 4. The summed E-state index contributed by atoms with van der Waals surface area (Å²) in [6.07, 6.45) is 3.20. The lowest BCUT2D eigenvalue weighted by Crippen LogP contribution is -2.14. The molecule has 2 aromatic carbocycles. The van der Waals surface area contributed by atoms with E-state index in [2.05, 4.69) is 14.7 Å². The maximum Gasteiger partial charge on any atom is 0.263 e. The lowest BCUT2D eigenvalue weighted by atomic mass is 10.1. The quantitative estimate of drug-likeness (QED) is 0.771. The number of imidazole rings is 1. The first kappa shape index (κ1) is 14.8. The van der Waals surface area contributed by atoms with Crippen LogP contribution >= 0.6 is 0 Å². The Kier molecular flexibility index (Phi) is 3.83. The van der Waals surface area contributed by atoms with E-state index in [0.29, 0.717) is 5.69 Å². The maximum absolute atomic E-state index is 12.5. The van der Waals surface area contributed by atoms with E-state index in [1.54, 1.807) is 42.9 Å². The molecule has 114 valence electrons. The van der Waals surface area contributed by atoms with Crippen molar-refractivity contribution < 1.29 is 8.42 Å². The van der Waals surface area contributed by atoms with Gasteiger partial charge in [-0.3, -0.25) is 4.72 Å². The number of H-pyrrole nitrogens is 1. The average Bonchev–Trinajstić information content (AvgIpc) is 3.09. The highest BCUT2D eigenvalue weighted by Crippen LogP contribution is 2.23. The monoisotopic (exact) mass is 324 g/mol. The summed E-state index contributed by atoms with van der Waals surface area (Å²) in [5, 5.41) is 9.06. The van der Waals surface area contributed by atoms with Crippen LogP contribution in [0.2, 0.25) is 0 Å². The van der Waals surface area contributed by atoms with E-state index in [1.807, 2.05) is 12.1 Å². The Morgan fingerprint density at radius 2 is 1.96 bits per heavy atom. The van der Waals surface area contributed by atoms with Crippen LogP contribution in [0.15, 0.2) is 66.0 Å². The zero-order valence-electron chi connectivity index (χ0n) is 11.9. The van der Waals surface area contributed by atoms with E-state index < -0.39 is 10.0 Å².